The SMILES string of the molecule is COc1ccccc1OCC(=O)c1cc(C)n(-c2ccc(C)cc2)c1C. The van der Waals surface area contributed by atoms with Crippen LogP contribution in [-0.2, 0) is 0 Å². The Morgan fingerprint density at radius 3 is 2.27 bits per heavy atom. The molecule has 0 atom stereocenters. The summed E-state index contributed by atoms with van der Waals surface area (Å²) >= 11 is 0. The Kier molecular flexibility index (Phi) is 5.12. The minimum atomic E-state index is -0.0534. The highest BCUT2D eigenvalue weighted by Crippen LogP contribution is 2.26. The molecule has 0 N–H and O–H groups in total. The van der Waals surface area contributed by atoms with Crippen LogP contribution in [0.3, 0.4) is 0 Å². The number of hydrogen-bond donors (Lipinski definition) is 0. The molecular weight excluding hydrogens is 326 g/mol. The lowest BCUT2D eigenvalue weighted by Crippen LogP contribution is -2.13. The molecule has 0 aliphatic rings. The first-order valence-electron chi connectivity index (χ1n) is 8.56. The van der Waals surface area contributed by atoms with E-state index < -0.39 is 0 Å². The van der Waals surface area contributed by atoms with Gasteiger partial charge in [0.1, 0.15) is 0 Å². The lowest BCUT2D eigenvalue weighted by atomic mass is 10.1. The number of benzene rings is 2. The predicted molar refractivity (Wildman–Crippen MR) is 103 cm³/mol. The van der Waals surface area contributed by atoms with E-state index in [1.165, 1.54) is 5.56 Å². The average Bonchev–Trinajstić information content (AvgIpc) is 2.95. The molecule has 134 valence electrons. The minimum absolute atomic E-state index is 0.0292. The van der Waals surface area contributed by atoms with Crippen molar-refractivity contribution in [1.29, 1.82) is 0 Å². The van der Waals surface area contributed by atoms with Crippen LogP contribution in [0.15, 0.2) is 54.6 Å². The van der Waals surface area contributed by atoms with E-state index in [0.717, 1.165) is 17.1 Å². The fraction of sp³-hybridized carbons (Fsp3) is 0.227. The van der Waals surface area contributed by atoms with Gasteiger partial charge in [0.15, 0.2) is 18.1 Å². The monoisotopic (exact) mass is 349 g/mol. The van der Waals surface area contributed by atoms with Gasteiger partial charge in [-0.1, -0.05) is 29.8 Å². The summed E-state index contributed by atoms with van der Waals surface area (Å²) in [6.45, 7) is 6.00. The van der Waals surface area contributed by atoms with Crippen LogP contribution in [0.1, 0.15) is 27.3 Å². The van der Waals surface area contributed by atoms with Crippen molar-refractivity contribution in [3.05, 3.63) is 77.1 Å². The second kappa shape index (κ2) is 7.48. The molecular formula is C22H23NO3. The summed E-state index contributed by atoms with van der Waals surface area (Å²) in [6.07, 6.45) is 0. The van der Waals surface area contributed by atoms with Crippen LogP contribution in [0, 0.1) is 20.8 Å². The smallest absolute Gasteiger partial charge is 0.202 e. The van der Waals surface area contributed by atoms with Gasteiger partial charge in [0.05, 0.1) is 7.11 Å². The molecule has 0 unspecified atom stereocenters. The summed E-state index contributed by atoms with van der Waals surface area (Å²) in [7, 11) is 1.58. The normalized spacial score (nSPS) is 10.6. The largest absolute Gasteiger partial charge is 0.493 e. The molecule has 0 radical (unpaired) electrons. The van der Waals surface area contributed by atoms with Gasteiger partial charge in [0, 0.05) is 22.6 Å². The highest BCUT2D eigenvalue weighted by Gasteiger charge is 2.17. The van der Waals surface area contributed by atoms with Crippen molar-refractivity contribution in [2.24, 2.45) is 0 Å². The molecule has 0 aliphatic heterocycles. The number of rotatable bonds is 6. The van der Waals surface area contributed by atoms with E-state index in [2.05, 4.69) is 35.8 Å². The number of carbonyl (C=O) groups is 1. The summed E-state index contributed by atoms with van der Waals surface area (Å²) in [6, 6.07) is 17.5. The molecule has 0 amide bonds. The number of nitrogens with zero attached hydrogens (tertiary/aromatic N) is 1. The number of ether oxygens (including phenoxy) is 2. The summed E-state index contributed by atoms with van der Waals surface area (Å²) in [5.74, 6) is 1.13. The molecule has 0 saturated carbocycles. The van der Waals surface area contributed by atoms with Gasteiger partial charge in [-0.2, -0.15) is 0 Å². The molecule has 3 rings (SSSR count). The van der Waals surface area contributed by atoms with E-state index in [9.17, 15) is 4.79 Å². The van der Waals surface area contributed by atoms with E-state index >= 15 is 0 Å². The first-order valence-corrected chi connectivity index (χ1v) is 8.56. The predicted octanol–water partition coefficient (Wildman–Crippen LogP) is 4.67. The van der Waals surface area contributed by atoms with Gasteiger partial charge in [-0.3, -0.25) is 4.79 Å². The van der Waals surface area contributed by atoms with Crippen molar-refractivity contribution < 1.29 is 14.3 Å². The Morgan fingerprint density at radius 2 is 1.62 bits per heavy atom. The number of carbonyl (C=O) groups excluding carboxylic acids is 1. The van der Waals surface area contributed by atoms with Gasteiger partial charge in [-0.25, -0.2) is 0 Å². The number of hydrogen-bond acceptors (Lipinski definition) is 3. The van der Waals surface area contributed by atoms with Crippen LogP contribution < -0.4 is 9.47 Å². The second-order valence-electron chi connectivity index (χ2n) is 6.32. The van der Waals surface area contributed by atoms with Gasteiger partial charge in [-0.15, -0.1) is 0 Å². The van der Waals surface area contributed by atoms with Crippen LogP contribution in [0.25, 0.3) is 5.69 Å². The van der Waals surface area contributed by atoms with Crippen molar-refractivity contribution in [1.82, 2.24) is 4.57 Å². The third-order valence-electron chi connectivity index (χ3n) is 4.45. The molecule has 1 heterocycles. The highest BCUT2D eigenvalue weighted by molar-refractivity contribution is 5.98. The molecule has 4 nitrogen and oxygen atoms in total. The maximum absolute atomic E-state index is 12.7. The Labute approximate surface area is 154 Å². The third kappa shape index (κ3) is 3.49. The summed E-state index contributed by atoms with van der Waals surface area (Å²) in [5, 5.41) is 0. The van der Waals surface area contributed by atoms with Crippen molar-refractivity contribution >= 4 is 5.78 Å². The maximum atomic E-state index is 12.7. The van der Waals surface area contributed by atoms with Gasteiger partial charge in [0.25, 0.3) is 0 Å². The number of aryl methyl sites for hydroxylation is 2. The standard InChI is InChI=1S/C22H23NO3/c1-15-9-11-18(12-10-15)23-16(2)13-19(17(23)3)20(24)14-26-22-8-6-5-7-21(22)25-4/h5-13H,14H2,1-4H3. The molecule has 0 saturated heterocycles. The summed E-state index contributed by atoms with van der Waals surface area (Å²) < 4.78 is 13.0. The molecule has 0 fully saturated rings. The molecule has 0 bridgehead atoms. The van der Waals surface area contributed by atoms with Crippen molar-refractivity contribution in [2.75, 3.05) is 13.7 Å². The van der Waals surface area contributed by atoms with Crippen LogP contribution in [0.4, 0.5) is 0 Å². The zero-order valence-electron chi connectivity index (χ0n) is 15.6. The van der Waals surface area contributed by atoms with E-state index in [0.29, 0.717) is 17.1 Å². The summed E-state index contributed by atoms with van der Waals surface area (Å²) in [4.78, 5) is 12.7. The van der Waals surface area contributed by atoms with E-state index in [1.54, 1.807) is 13.2 Å². The van der Waals surface area contributed by atoms with Gasteiger partial charge < -0.3 is 14.0 Å². The Balaban J connectivity index is 1.82. The fourth-order valence-electron chi connectivity index (χ4n) is 3.10. The molecule has 3 aromatic rings. The zero-order valence-corrected chi connectivity index (χ0v) is 15.6. The highest BCUT2D eigenvalue weighted by atomic mass is 16.5. The average molecular weight is 349 g/mol. The quantitative estimate of drug-likeness (QED) is 0.607. The molecule has 0 aliphatic carbocycles. The number of aromatic nitrogens is 1. The van der Waals surface area contributed by atoms with E-state index in [-0.39, 0.29) is 12.4 Å². The van der Waals surface area contributed by atoms with E-state index in [4.69, 9.17) is 9.47 Å². The lowest BCUT2D eigenvalue weighted by molar-refractivity contribution is 0.0919. The van der Waals surface area contributed by atoms with Crippen LogP contribution in [0.2, 0.25) is 0 Å². The Hall–Kier alpha value is -3.01. The second-order valence-corrected chi connectivity index (χ2v) is 6.32. The number of methoxy groups -OCH3 is 1. The van der Waals surface area contributed by atoms with Gasteiger partial charge >= 0.3 is 0 Å². The fourth-order valence-corrected chi connectivity index (χ4v) is 3.10. The van der Waals surface area contributed by atoms with Crippen molar-refractivity contribution in [2.45, 2.75) is 20.8 Å². The first-order chi connectivity index (χ1) is 12.5. The topological polar surface area (TPSA) is 40.5 Å². The molecule has 26 heavy (non-hydrogen) atoms. The molecule has 1 aromatic heterocycles. The molecule has 0 spiro atoms. The first kappa shape index (κ1) is 17.8. The van der Waals surface area contributed by atoms with Crippen LogP contribution >= 0.6 is 0 Å². The Bertz CT molecular complexity index is 923. The molecule has 4 heteroatoms. The number of para-hydroxylation sites is 2. The van der Waals surface area contributed by atoms with Crippen molar-refractivity contribution in [3.8, 4) is 17.2 Å². The van der Waals surface area contributed by atoms with Gasteiger partial charge in [0.2, 0.25) is 5.78 Å². The Morgan fingerprint density at radius 1 is 0.962 bits per heavy atom. The zero-order chi connectivity index (χ0) is 18.7. The molecule has 2 aromatic carbocycles. The summed E-state index contributed by atoms with van der Waals surface area (Å²) in [5.41, 5.74) is 4.87. The van der Waals surface area contributed by atoms with Crippen LogP contribution in [-0.4, -0.2) is 24.1 Å². The van der Waals surface area contributed by atoms with Crippen molar-refractivity contribution in [3.63, 3.8) is 0 Å². The number of Topliss-reactive ketones (excluding diaryl/α,β-unsaturated/α-hetero) is 1. The minimum Gasteiger partial charge on any atom is -0.493 e. The van der Waals surface area contributed by atoms with Crippen LogP contribution in [0.5, 0.6) is 11.5 Å². The lowest BCUT2D eigenvalue weighted by Gasteiger charge is -2.11. The maximum Gasteiger partial charge on any atom is 0.202 e. The van der Waals surface area contributed by atoms with Gasteiger partial charge in [-0.05, 0) is 51.1 Å². The third-order valence-corrected chi connectivity index (χ3v) is 4.45. The number of ketones is 1. The van der Waals surface area contributed by atoms with E-state index in [1.807, 2.05) is 38.1 Å².